The first-order valence-electron chi connectivity index (χ1n) is 45.2. The number of nitrogens with zero attached hydrogens (tertiary/aromatic N) is 13. The second-order valence-corrected chi connectivity index (χ2v) is 35.0. The Kier molecular flexibility index (Phi) is 27.2. The number of likely N-dealkylation sites (tertiary alicyclic amines) is 4. The van der Waals surface area contributed by atoms with Crippen LogP contribution >= 0.6 is 0 Å². The van der Waals surface area contributed by atoms with Crippen molar-refractivity contribution < 1.29 is 15.3 Å². The summed E-state index contributed by atoms with van der Waals surface area (Å²) in [5.74, 6) is 0. The van der Waals surface area contributed by atoms with E-state index >= 15 is 0 Å². The van der Waals surface area contributed by atoms with Crippen LogP contribution in [0.5, 0.6) is 0 Å². The molecule has 20 heteroatoms. The van der Waals surface area contributed by atoms with E-state index in [-0.39, 0.29) is 47.1 Å². The lowest BCUT2D eigenvalue weighted by Crippen LogP contribution is -2.34. The quantitative estimate of drug-likeness (QED) is 0.0519. The number of hydrogen-bond donors (Lipinski definition) is 3. The molecule has 0 amide bonds. The summed E-state index contributed by atoms with van der Waals surface area (Å²) in [7, 11) is 0. The maximum Gasteiger partial charge on any atom is 0.255 e. The van der Waals surface area contributed by atoms with Gasteiger partial charge >= 0.3 is 0 Å². The molecule has 4 aliphatic heterocycles. The second kappa shape index (κ2) is 39.9. The number of pyridine rings is 4. The summed E-state index contributed by atoms with van der Waals surface area (Å²) in [6.45, 7) is 22.8. The van der Waals surface area contributed by atoms with E-state index in [2.05, 4.69) is 151 Å². The first-order chi connectivity index (χ1) is 61.9. The highest BCUT2D eigenvalue weighted by atomic mass is 16.3. The molecule has 0 unspecified atom stereocenters. The summed E-state index contributed by atoms with van der Waals surface area (Å²) in [5.41, 5.74) is 20.4. The average molecular weight is 1700 g/mol. The molecule has 0 saturated carbocycles. The third-order valence-corrected chi connectivity index (χ3v) is 25.8. The molecular weight excluding hydrogens is 1580 g/mol. The zero-order valence-corrected chi connectivity index (χ0v) is 73.3. The molecule has 0 aliphatic carbocycles. The van der Waals surface area contributed by atoms with Gasteiger partial charge in [0, 0.05) is 174 Å². The molecule has 127 heavy (non-hydrogen) atoms. The Balaban J connectivity index is 0.000000119. The molecule has 4 saturated heterocycles. The van der Waals surface area contributed by atoms with Crippen molar-refractivity contribution in [3.8, 4) is 67.3 Å². The van der Waals surface area contributed by atoms with Crippen molar-refractivity contribution in [2.24, 2.45) is 0 Å². The Bertz CT molecular complexity index is 6510. The molecule has 0 radical (unpaired) electrons. The molecule has 0 spiro atoms. The highest BCUT2D eigenvalue weighted by molar-refractivity contribution is 5.85. The van der Waals surface area contributed by atoms with E-state index in [4.69, 9.17) is 0 Å². The van der Waals surface area contributed by atoms with Crippen LogP contribution in [-0.4, -0.2) is 174 Å². The van der Waals surface area contributed by atoms with Crippen molar-refractivity contribution in [1.82, 2.24) is 61.3 Å². The maximum atomic E-state index is 12.9. The number of aryl methyl sites for hydroxylation is 5. The number of rotatable bonds is 24. The first kappa shape index (κ1) is 86.5. The van der Waals surface area contributed by atoms with E-state index in [0.717, 1.165) is 178 Å². The van der Waals surface area contributed by atoms with Crippen LogP contribution in [0, 0.1) is 27.7 Å². The fourth-order valence-corrected chi connectivity index (χ4v) is 18.6. The van der Waals surface area contributed by atoms with Crippen LogP contribution < -0.4 is 22.2 Å². The predicted octanol–water partition coefficient (Wildman–Crippen LogP) is 17.3. The molecule has 4 aliphatic rings. The third-order valence-electron chi connectivity index (χ3n) is 25.8. The molecule has 4 fully saturated rings. The van der Waals surface area contributed by atoms with Gasteiger partial charge in [-0.2, -0.15) is 5.10 Å². The zero-order valence-electron chi connectivity index (χ0n) is 73.3. The van der Waals surface area contributed by atoms with Crippen molar-refractivity contribution in [1.29, 1.82) is 0 Å². The van der Waals surface area contributed by atoms with Crippen LogP contribution in [0.25, 0.3) is 111 Å². The van der Waals surface area contributed by atoms with E-state index in [0.29, 0.717) is 13.1 Å². The molecule has 8 aromatic carbocycles. The summed E-state index contributed by atoms with van der Waals surface area (Å²) in [4.78, 5) is 61.0. The van der Waals surface area contributed by atoms with Gasteiger partial charge in [-0.25, -0.2) is 0 Å². The Morgan fingerprint density at radius 1 is 0.315 bits per heavy atom. The smallest absolute Gasteiger partial charge is 0.255 e. The van der Waals surface area contributed by atoms with Gasteiger partial charge in [-0.1, -0.05) is 119 Å². The third kappa shape index (κ3) is 20.9. The first-order valence-corrected chi connectivity index (χ1v) is 45.2. The molecule has 20 rings (SSSR count). The summed E-state index contributed by atoms with van der Waals surface area (Å²) in [6, 6.07) is 78.5. The topological polar surface area (TPSA) is 194 Å². The summed E-state index contributed by atoms with van der Waals surface area (Å²) >= 11 is 0. The van der Waals surface area contributed by atoms with E-state index in [9.17, 15) is 34.5 Å². The molecule has 0 bridgehead atoms. The number of aliphatic hydroxyl groups is 3. The van der Waals surface area contributed by atoms with Gasteiger partial charge in [0.2, 0.25) is 0 Å². The molecule has 8 aromatic heterocycles. The molecule has 12 heterocycles. The lowest BCUT2D eigenvalue weighted by molar-refractivity contribution is 0.110. The monoisotopic (exact) mass is 1690 g/mol. The molecule has 3 N–H and O–H groups in total. The van der Waals surface area contributed by atoms with Gasteiger partial charge in [-0.05, 0) is 298 Å². The van der Waals surface area contributed by atoms with Crippen LogP contribution in [-0.2, 0) is 26.2 Å². The van der Waals surface area contributed by atoms with Crippen LogP contribution in [0.4, 0.5) is 0 Å². The van der Waals surface area contributed by atoms with Crippen LogP contribution in [0.1, 0.15) is 80.0 Å². The number of aromatic nitrogens is 9. The van der Waals surface area contributed by atoms with Gasteiger partial charge in [-0.15, -0.1) is 0 Å². The molecule has 3 atom stereocenters. The standard InChI is InChI=1S/2C27H29N3O2.C27H29N3O.C26H28N4O2/c2*1-20-4-6-21(7-5-20)22-11-15-30(27(32)17-22)24-8-9-26-23(16-24)10-14-29(26)19-25(31)18-28-12-2-3-13-28;1-21-5-7-22(8-6-21)23-12-18-30(27(31)20-23)25-9-10-26-24(19-25)11-17-29(26)16-4-15-28-13-2-3-14-28;1-19-4-6-20(7-5-19)21-10-12-29(26(32)16-21)23-8-9-25-22(15-23)17-27-30(25)14-13-28-11-2-3-24(28)18-31/h2*4-11,14-17,25,31H,2-3,12-13,18-19H2,1H3;5-12,17-20H,2-4,13-16H2,1H3;4-10,12,15-17,24,31H,2-3,11,13-14,18H2,1H3/t2*25-;;24-/m10.0/s1. The lowest BCUT2D eigenvalue weighted by atomic mass is 10.1. The SMILES string of the molecule is Cc1ccc(-c2ccn(-c3ccc4c(ccn4CCCN4CCCC4)c3)c(=O)c2)cc1.Cc1ccc(-c2ccn(-c3ccc4c(ccn4C[C@@H](O)CN4CCCC4)c3)c(=O)c2)cc1.Cc1ccc(-c2ccn(-c3ccc4c(ccn4C[C@H](O)CN4CCCC4)c3)c(=O)c2)cc1.Cc1ccc(-c2ccn(-c3ccc4c(cnn4CCN4CCC[C@H]4CO)c3)c(=O)c2)cc1. The van der Waals surface area contributed by atoms with Gasteiger partial charge in [0.1, 0.15) is 0 Å². The van der Waals surface area contributed by atoms with Gasteiger partial charge in [0.05, 0.1) is 37.1 Å². The number of hydrogen-bond acceptors (Lipinski definition) is 12. The minimum Gasteiger partial charge on any atom is -0.395 e. The van der Waals surface area contributed by atoms with Crippen molar-refractivity contribution >= 4 is 43.6 Å². The molecule has 650 valence electrons. The molecule has 16 aromatic rings. The average Bonchev–Trinajstić information content (AvgIpc) is 1.72. The predicted molar refractivity (Wildman–Crippen MR) is 514 cm³/mol. The van der Waals surface area contributed by atoms with Crippen LogP contribution in [0.2, 0.25) is 0 Å². The van der Waals surface area contributed by atoms with E-state index < -0.39 is 0 Å². The Hall–Kier alpha value is -12.6. The fourth-order valence-electron chi connectivity index (χ4n) is 18.6. The van der Waals surface area contributed by atoms with Gasteiger partial charge in [0.15, 0.2) is 0 Å². The van der Waals surface area contributed by atoms with E-state index in [1.807, 2.05) is 182 Å². The van der Waals surface area contributed by atoms with Crippen molar-refractivity contribution in [2.75, 3.05) is 78.6 Å². The molecule has 20 nitrogen and oxygen atoms in total. The lowest BCUT2D eigenvalue weighted by Gasteiger charge is -2.22. The largest absolute Gasteiger partial charge is 0.395 e. The minimum absolute atomic E-state index is 0.0116. The maximum absolute atomic E-state index is 12.9. The number of β-amino-alcohol motifs (C(OH)–C–C–N with tert-alkyl or cyclic N) is 2. The minimum atomic E-state index is -0.389. The normalized spacial score (nSPS) is 15.5. The van der Waals surface area contributed by atoms with E-state index in [1.165, 1.54) is 97.7 Å². The molecular formula is C107H115N13O7. The van der Waals surface area contributed by atoms with Crippen LogP contribution in [0.3, 0.4) is 0 Å². The van der Waals surface area contributed by atoms with Gasteiger partial charge in [0.25, 0.3) is 22.2 Å². The fraction of sp³-hybridized carbons (Fsp3) is 0.299. The second-order valence-electron chi connectivity index (χ2n) is 35.0. The van der Waals surface area contributed by atoms with Crippen LogP contribution in [0.15, 0.2) is 305 Å². The number of fused-ring (bicyclic) bond motifs is 4. The summed E-state index contributed by atoms with van der Waals surface area (Å²) < 4.78 is 15.3. The Morgan fingerprint density at radius 3 is 1.02 bits per heavy atom. The number of benzene rings is 8. The van der Waals surface area contributed by atoms with E-state index in [1.54, 1.807) is 42.5 Å². The Morgan fingerprint density at radius 2 is 0.654 bits per heavy atom. The number of aliphatic hydroxyl groups excluding tert-OH is 3. The van der Waals surface area contributed by atoms with Crippen molar-refractivity contribution in [3.05, 3.63) is 350 Å². The summed E-state index contributed by atoms with van der Waals surface area (Å²) in [5, 5.41) is 39.5. The van der Waals surface area contributed by atoms with Gasteiger partial charge in [-0.3, -0.25) is 47.0 Å². The zero-order chi connectivity index (χ0) is 87.4. The van der Waals surface area contributed by atoms with Crippen molar-refractivity contribution in [2.45, 2.75) is 130 Å². The highest BCUT2D eigenvalue weighted by Gasteiger charge is 2.25. The Labute approximate surface area is 741 Å². The van der Waals surface area contributed by atoms with Gasteiger partial charge < -0.3 is 43.7 Å². The van der Waals surface area contributed by atoms with Crippen molar-refractivity contribution in [3.63, 3.8) is 0 Å². The highest BCUT2D eigenvalue weighted by Crippen LogP contribution is 2.30. The summed E-state index contributed by atoms with van der Waals surface area (Å²) in [6.07, 6.45) is 25.7.